The Bertz CT molecular complexity index is 790. The van der Waals surface area contributed by atoms with E-state index in [2.05, 4.69) is 4.98 Å². The molecule has 1 aliphatic heterocycles. The molecular weight excluding hydrogens is 290 g/mol. The molecule has 3 atom stereocenters. The lowest BCUT2D eigenvalue weighted by Crippen LogP contribution is -2.33. The molecule has 2 aromatic rings. The lowest BCUT2D eigenvalue weighted by atomic mass is 10.2. The number of ether oxygens (including phenoxy) is 1. The van der Waals surface area contributed by atoms with Gasteiger partial charge in [0.15, 0.2) is 0 Å². The van der Waals surface area contributed by atoms with Crippen LogP contribution in [0.5, 0.6) is 0 Å². The normalized spacial score (nSPS) is 24.8. The number of nitrogens with zero attached hydrogens (tertiary/aromatic N) is 2. The summed E-state index contributed by atoms with van der Waals surface area (Å²) >= 11 is 0. The Balaban J connectivity index is 2.05. The maximum absolute atomic E-state index is 12.0. The van der Waals surface area contributed by atoms with E-state index >= 15 is 0 Å². The van der Waals surface area contributed by atoms with Crippen LogP contribution in [0.4, 0.5) is 0 Å². The van der Waals surface area contributed by atoms with E-state index in [-0.39, 0.29) is 13.0 Å². The second-order valence-electron chi connectivity index (χ2n) is 5.33. The van der Waals surface area contributed by atoms with E-state index in [0.717, 1.165) is 0 Å². The van der Waals surface area contributed by atoms with E-state index in [1.165, 1.54) is 10.8 Å². The van der Waals surface area contributed by atoms with Crippen LogP contribution in [0.15, 0.2) is 34.1 Å². The number of hydrogen-bond donors (Lipinski definition) is 3. The number of hydrogen-bond acceptors (Lipinski definition) is 5. The lowest BCUT2D eigenvalue weighted by Gasteiger charge is -2.15. The molecule has 22 heavy (non-hydrogen) atoms. The second-order valence-corrected chi connectivity index (χ2v) is 5.33. The minimum atomic E-state index is -0.854. The molecule has 0 aliphatic carbocycles. The average molecular weight is 307 g/mol. The number of H-pyrrole nitrogens is 1. The summed E-state index contributed by atoms with van der Waals surface area (Å²) < 4.78 is 8.47. The summed E-state index contributed by atoms with van der Waals surface area (Å²) in [5, 5.41) is 18.9. The van der Waals surface area contributed by atoms with Crippen molar-refractivity contribution in [3.63, 3.8) is 0 Å². The van der Waals surface area contributed by atoms with Gasteiger partial charge in [-0.05, 0) is 12.1 Å². The molecule has 3 heterocycles. The third-order valence-corrected chi connectivity index (χ3v) is 3.88. The van der Waals surface area contributed by atoms with Gasteiger partial charge in [-0.15, -0.1) is 0 Å². The van der Waals surface area contributed by atoms with Crippen LogP contribution in [0.2, 0.25) is 0 Å². The minimum absolute atomic E-state index is 0.170. The van der Waals surface area contributed by atoms with Gasteiger partial charge in [-0.1, -0.05) is 0 Å². The van der Waals surface area contributed by atoms with Crippen LogP contribution in [0.1, 0.15) is 12.6 Å². The van der Waals surface area contributed by atoms with Crippen LogP contribution in [0, 0.1) is 0 Å². The minimum Gasteiger partial charge on any atom is -0.394 e. The molecule has 2 aromatic heterocycles. The van der Waals surface area contributed by atoms with Gasteiger partial charge in [0.25, 0.3) is 5.56 Å². The smallest absolute Gasteiger partial charge is 0.330 e. The number of aromatic amines is 1. The molecule has 8 nitrogen and oxygen atoms in total. The van der Waals surface area contributed by atoms with E-state index < -0.39 is 29.7 Å². The highest BCUT2D eigenvalue weighted by atomic mass is 16.5. The van der Waals surface area contributed by atoms with Crippen LogP contribution in [0.25, 0.3) is 11.3 Å². The zero-order valence-electron chi connectivity index (χ0n) is 12.0. The Morgan fingerprint density at radius 3 is 2.82 bits per heavy atom. The van der Waals surface area contributed by atoms with E-state index in [1.54, 1.807) is 29.9 Å². The summed E-state index contributed by atoms with van der Waals surface area (Å²) in [6.45, 7) is -0.333. The first kappa shape index (κ1) is 14.8. The van der Waals surface area contributed by atoms with Crippen molar-refractivity contribution in [2.45, 2.75) is 24.9 Å². The number of aromatic nitrogens is 3. The molecular formula is C14H17N3O5. The summed E-state index contributed by atoms with van der Waals surface area (Å²) in [7, 11) is 1.79. The Hall–Kier alpha value is -2.16. The van der Waals surface area contributed by atoms with Gasteiger partial charge < -0.3 is 19.5 Å². The number of aliphatic hydroxyl groups is 2. The quantitative estimate of drug-likeness (QED) is 0.686. The highest BCUT2D eigenvalue weighted by Crippen LogP contribution is 2.28. The topological polar surface area (TPSA) is 109 Å². The molecule has 3 N–H and O–H groups in total. The van der Waals surface area contributed by atoms with Crippen molar-refractivity contribution in [1.82, 2.24) is 14.1 Å². The average Bonchev–Trinajstić information content (AvgIpc) is 3.05. The summed E-state index contributed by atoms with van der Waals surface area (Å²) in [5.74, 6) is 0. The van der Waals surface area contributed by atoms with Gasteiger partial charge in [-0.3, -0.25) is 14.3 Å². The van der Waals surface area contributed by atoms with Gasteiger partial charge in [0.1, 0.15) is 12.3 Å². The first-order valence-corrected chi connectivity index (χ1v) is 6.93. The van der Waals surface area contributed by atoms with Gasteiger partial charge in [0.2, 0.25) is 0 Å². The van der Waals surface area contributed by atoms with Crippen LogP contribution in [0.3, 0.4) is 0 Å². The van der Waals surface area contributed by atoms with E-state index in [9.17, 15) is 14.7 Å². The molecule has 0 radical (unpaired) electrons. The molecule has 8 heteroatoms. The number of nitrogens with one attached hydrogen (secondary N) is 1. The summed E-state index contributed by atoms with van der Waals surface area (Å²) in [6, 6.07) is 3.56. The molecule has 1 aliphatic rings. The summed E-state index contributed by atoms with van der Waals surface area (Å²) in [5.41, 5.74) is -0.107. The largest absolute Gasteiger partial charge is 0.394 e. The van der Waals surface area contributed by atoms with Gasteiger partial charge in [0, 0.05) is 25.9 Å². The Morgan fingerprint density at radius 1 is 1.45 bits per heavy atom. The Labute approximate surface area is 125 Å². The first-order valence-electron chi connectivity index (χ1n) is 6.93. The molecule has 1 fully saturated rings. The number of rotatable bonds is 3. The van der Waals surface area contributed by atoms with Gasteiger partial charge in [-0.2, -0.15) is 0 Å². The van der Waals surface area contributed by atoms with Gasteiger partial charge in [0.05, 0.1) is 24.0 Å². The zero-order valence-corrected chi connectivity index (χ0v) is 12.0. The predicted octanol–water partition coefficient (Wildman–Crippen LogP) is -0.817. The molecule has 118 valence electrons. The molecule has 0 aromatic carbocycles. The molecule has 3 unspecified atom stereocenters. The van der Waals surface area contributed by atoms with E-state index in [4.69, 9.17) is 9.84 Å². The van der Waals surface area contributed by atoms with Crippen molar-refractivity contribution in [2.75, 3.05) is 6.61 Å². The highest BCUT2D eigenvalue weighted by Gasteiger charge is 2.35. The lowest BCUT2D eigenvalue weighted by molar-refractivity contribution is -0.0458. The van der Waals surface area contributed by atoms with Crippen molar-refractivity contribution >= 4 is 0 Å². The van der Waals surface area contributed by atoms with Gasteiger partial charge in [-0.25, -0.2) is 4.79 Å². The Morgan fingerprint density at radius 2 is 2.23 bits per heavy atom. The van der Waals surface area contributed by atoms with E-state index in [1.807, 2.05) is 0 Å². The number of aryl methyl sites for hydroxylation is 1. The fraction of sp³-hybridized carbons (Fsp3) is 0.429. The Kier molecular flexibility index (Phi) is 3.73. The standard InChI is InChI=1S/C14H17N3O5/c1-16-4-2-3-9(16)8-6-17(14(21)15-13(8)20)12-5-10(19)11(7-18)22-12/h2-4,6,10-12,18-19H,5,7H2,1H3,(H,15,20,21). The first-order chi connectivity index (χ1) is 10.5. The molecule has 0 bridgehead atoms. The maximum atomic E-state index is 12.0. The van der Waals surface area contributed by atoms with Crippen LogP contribution < -0.4 is 11.2 Å². The van der Waals surface area contributed by atoms with Crippen molar-refractivity contribution in [1.29, 1.82) is 0 Å². The SMILES string of the molecule is Cn1cccc1-c1cn(C2CC(O)C(CO)O2)c(=O)[nH]c1=O. The molecule has 0 spiro atoms. The molecule has 0 saturated carbocycles. The highest BCUT2D eigenvalue weighted by molar-refractivity contribution is 5.57. The van der Waals surface area contributed by atoms with Crippen LogP contribution in [-0.2, 0) is 11.8 Å². The van der Waals surface area contributed by atoms with Crippen molar-refractivity contribution in [3.8, 4) is 11.3 Å². The summed E-state index contributed by atoms with van der Waals surface area (Å²) in [4.78, 5) is 26.3. The second kappa shape index (κ2) is 5.56. The maximum Gasteiger partial charge on any atom is 0.330 e. The van der Waals surface area contributed by atoms with Crippen molar-refractivity contribution in [2.24, 2.45) is 7.05 Å². The fourth-order valence-electron chi connectivity index (χ4n) is 2.67. The van der Waals surface area contributed by atoms with E-state index in [0.29, 0.717) is 11.3 Å². The molecule has 0 amide bonds. The fourth-order valence-corrected chi connectivity index (χ4v) is 2.67. The van der Waals surface area contributed by atoms with Crippen LogP contribution in [-0.4, -0.2) is 43.1 Å². The van der Waals surface area contributed by atoms with Crippen LogP contribution >= 0.6 is 0 Å². The predicted molar refractivity (Wildman–Crippen MR) is 77.3 cm³/mol. The zero-order chi connectivity index (χ0) is 15.9. The summed E-state index contributed by atoms with van der Waals surface area (Å²) in [6.07, 6.45) is 1.07. The van der Waals surface area contributed by atoms with Crippen molar-refractivity contribution < 1.29 is 14.9 Å². The molecule has 1 saturated heterocycles. The number of aliphatic hydroxyl groups excluding tert-OH is 2. The molecule has 3 rings (SSSR count). The third kappa shape index (κ3) is 2.41. The van der Waals surface area contributed by atoms with Crippen molar-refractivity contribution in [3.05, 3.63) is 45.4 Å². The van der Waals surface area contributed by atoms with Gasteiger partial charge >= 0.3 is 5.69 Å². The monoisotopic (exact) mass is 307 g/mol. The third-order valence-electron chi connectivity index (χ3n) is 3.88.